The summed E-state index contributed by atoms with van der Waals surface area (Å²) >= 11 is 0. The van der Waals surface area contributed by atoms with Gasteiger partial charge in [-0.25, -0.2) is 4.39 Å². The summed E-state index contributed by atoms with van der Waals surface area (Å²) in [5.74, 6) is 0.235. The molecule has 2 aromatic carbocycles. The molecule has 21 heavy (non-hydrogen) atoms. The third-order valence-corrected chi connectivity index (χ3v) is 3.66. The molecule has 0 radical (unpaired) electrons. The van der Waals surface area contributed by atoms with Gasteiger partial charge in [-0.1, -0.05) is 38.1 Å². The Morgan fingerprint density at radius 2 is 1.67 bits per heavy atom. The first-order valence-corrected chi connectivity index (χ1v) is 7.25. The summed E-state index contributed by atoms with van der Waals surface area (Å²) in [6, 6.07) is 12.6. The van der Waals surface area contributed by atoms with Gasteiger partial charge in [-0.3, -0.25) is 0 Å². The average Bonchev–Trinajstić information content (AvgIpc) is 2.46. The Kier molecular flexibility index (Phi) is 4.97. The molecule has 3 heteroatoms. The quantitative estimate of drug-likeness (QED) is 0.854. The van der Waals surface area contributed by atoms with E-state index in [9.17, 15) is 9.50 Å². The first-order chi connectivity index (χ1) is 9.97. The molecule has 0 bridgehead atoms. The van der Waals surface area contributed by atoms with Crippen LogP contribution in [0.15, 0.2) is 42.5 Å². The lowest BCUT2D eigenvalue weighted by atomic mass is 10.00. The number of halogens is 1. The van der Waals surface area contributed by atoms with Crippen molar-refractivity contribution in [3.05, 3.63) is 65.0 Å². The summed E-state index contributed by atoms with van der Waals surface area (Å²) in [6.45, 7) is 6.53. The predicted molar refractivity (Wildman–Crippen MR) is 85.1 cm³/mol. The Bertz CT molecular complexity index is 593. The first-order valence-electron chi connectivity index (χ1n) is 7.25. The molecule has 2 N–H and O–H groups in total. The summed E-state index contributed by atoms with van der Waals surface area (Å²) < 4.78 is 13.0. The van der Waals surface area contributed by atoms with Crippen LogP contribution in [0.25, 0.3) is 0 Å². The Balaban J connectivity index is 1.99. The second-order valence-corrected chi connectivity index (χ2v) is 5.68. The normalized spacial score (nSPS) is 12.5. The lowest BCUT2D eigenvalue weighted by Gasteiger charge is -2.15. The van der Waals surface area contributed by atoms with Gasteiger partial charge in [0, 0.05) is 12.2 Å². The summed E-state index contributed by atoms with van der Waals surface area (Å²) in [4.78, 5) is 0. The van der Waals surface area contributed by atoms with Gasteiger partial charge in [0.2, 0.25) is 0 Å². The summed E-state index contributed by atoms with van der Waals surface area (Å²) in [7, 11) is 0. The summed E-state index contributed by atoms with van der Waals surface area (Å²) in [5, 5.41) is 13.4. The van der Waals surface area contributed by atoms with Crippen molar-refractivity contribution in [2.24, 2.45) is 0 Å². The summed E-state index contributed by atoms with van der Waals surface area (Å²) in [6.07, 6.45) is -0.587. The van der Waals surface area contributed by atoms with Crippen molar-refractivity contribution in [3.8, 4) is 0 Å². The number of aryl methyl sites for hydroxylation is 1. The second kappa shape index (κ2) is 6.72. The van der Waals surface area contributed by atoms with Crippen molar-refractivity contribution >= 4 is 5.69 Å². The second-order valence-electron chi connectivity index (χ2n) is 5.68. The van der Waals surface area contributed by atoms with Crippen molar-refractivity contribution in [2.75, 3.05) is 11.9 Å². The third-order valence-electron chi connectivity index (χ3n) is 3.66. The van der Waals surface area contributed by atoms with Gasteiger partial charge in [-0.05, 0) is 47.7 Å². The van der Waals surface area contributed by atoms with E-state index in [4.69, 9.17) is 0 Å². The van der Waals surface area contributed by atoms with Crippen LogP contribution in [-0.2, 0) is 0 Å². The topological polar surface area (TPSA) is 32.3 Å². The van der Waals surface area contributed by atoms with Crippen LogP contribution in [0.5, 0.6) is 0 Å². The van der Waals surface area contributed by atoms with E-state index in [0.717, 1.165) is 16.8 Å². The van der Waals surface area contributed by atoms with Crippen molar-refractivity contribution in [1.29, 1.82) is 0 Å². The molecule has 0 heterocycles. The largest absolute Gasteiger partial charge is 0.387 e. The van der Waals surface area contributed by atoms with E-state index < -0.39 is 6.10 Å². The first kappa shape index (κ1) is 15.5. The van der Waals surface area contributed by atoms with Crippen LogP contribution < -0.4 is 5.32 Å². The Labute approximate surface area is 125 Å². The van der Waals surface area contributed by atoms with Gasteiger partial charge in [0.1, 0.15) is 5.82 Å². The van der Waals surface area contributed by atoms with Crippen molar-refractivity contribution in [2.45, 2.75) is 32.8 Å². The number of aliphatic hydroxyl groups excluding tert-OH is 1. The van der Waals surface area contributed by atoms with Gasteiger partial charge in [0.25, 0.3) is 0 Å². The van der Waals surface area contributed by atoms with E-state index >= 15 is 0 Å². The standard InChI is InChI=1S/C18H22FNO/c1-12(2)14-4-6-15(7-5-14)18(21)11-20-17-9-8-16(19)10-13(17)3/h4-10,12,18,20-21H,11H2,1-3H3. The predicted octanol–water partition coefficient (Wildman–Crippen LogP) is 4.40. The monoisotopic (exact) mass is 287 g/mol. The van der Waals surface area contributed by atoms with E-state index in [1.807, 2.05) is 31.2 Å². The van der Waals surface area contributed by atoms with E-state index in [2.05, 4.69) is 19.2 Å². The van der Waals surface area contributed by atoms with Crippen molar-refractivity contribution in [3.63, 3.8) is 0 Å². The molecule has 0 spiro atoms. The number of benzene rings is 2. The highest BCUT2D eigenvalue weighted by Gasteiger charge is 2.09. The SMILES string of the molecule is Cc1cc(F)ccc1NCC(O)c1ccc(C(C)C)cc1. The van der Waals surface area contributed by atoms with Gasteiger partial charge in [0.05, 0.1) is 6.10 Å². The van der Waals surface area contributed by atoms with Crippen molar-refractivity contribution < 1.29 is 9.50 Å². The zero-order valence-electron chi connectivity index (χ0n) is 12.7. The van der Waals surface area contributed by atoms with Crippen molar-refractivity contribution in [1.82, 2.24) is 0 Å². The molecule has 2 nitrogen and oxygen atoms in total. The number of hydrogen-bond acceptors (Lipinski definition) is 2. The zero-order chi connectivity index (χ0) is 15.4. The zero-order valence-corrected chi connectivity index (χ0v) is 12.7. The van der Waals surface area contributed by atoms with E-state index in [1.165, 1.54) is 17.7 Å². The minimum atomic E-state index is -0.587. The Hall–Kier alpha value is -1.87. The molecule has 0 amide bonds. The highest BCUT2D eigenvalue weighted by molar-refractivity contribution is 5.50. The third kappa shape index (κ3) is 4.05. The number of hydrogen-bond donors (Lipinski definition) is 2. The fourth-order valence-corrected chi connectivity index (χ4v) is 2.25. The lowest BCUT2D eigenvalue weighted by Crippen LogP contribution is -2.13. The number of rotatable bonds is 5. The van der Waals surface area contributed by atoms with Crippen LogP contribution in [0.3, 0.4) is 0 Å². The van der Waals surface area contributed by atoms with Crippen LogP contribution in [0.4, 0.5) is 10.1 Å². The lowest BCUT2D eigenvalue weighted by molar-refractivity contribution is 0.191. The van der Waals surface area contributed by atoms with Crippen LogP contribution in [-0.4, -0.2) is 11.7 Å². The van der Waals surface area contributed by atoms with E-state index in [0.29, 0.717) is 12.5 Å². The molecule has 0 aromatic heterocycles. The van der Waals surface area contributed by atoms with E-state index in [-0.39, 0.29) is 5.82 Å². The van der Waals surface area contributed by atoms with Crippen LogP contribution in [0, 0.1) is 12.7 Å². The molecule has 0 aliphatic rings. The van der Waals surface area contributed by atoms with Gasteiger partial charge < -0.3 is 10.4 Å². The number of anilines is 1. The molecule has 2 aromatic rings. The van der Waals surface area contributed by atoms with Crippen LogP contribution in [0.1, 0.15) is 42.6 Å². The highest BCUT2D eigenvalue weighted by Crippen LogP contribution is 2.21. The van der Waals surface area contributed by atoms with Crippen LogP contribution in [0.2, 0.25) is 0 Å². The molecule has 1 unspecified atom stereocenters. The molecule has 0 saturated carbocycles. The maximum Gasteiger partial charge on any atom is 0.123 e. The molecule has 0 aliphatic carbocycles. The number of aliphatic hydroxyl groups is 1. The van der Waals surface area contributed by atoms with Gasteiger partial charge in [0.15, 0.2) is 0 Å². The molecule has 112 valence electrons. The molecule has 0 aliphatic heterocycles. The maximum atomic E-state index is 13.0. The van der Waals surface area contributed by atoms with Crippen LogP contribution >= 0.6 is 0 Å². The molecular weight excluding hydrogens is 265 g/mol. The van der Waals surface area contributed by atoms with Gasteiger partial charge >= 0.3 is 0 Å². The molecule has 1 atom stereocenters. The van der Waals surface area contributed by atoms with Gasteiger partial charge in [-0.15, -0.1) is 0 Å². The minimum Gasteiger partial charge on any atom is -0.387 e. The molecule has 0 fully saturated rings. The highest BCUT2D eigenvalue weighted by atomic mass is 19.1. The molecule has 0 saturated heterocycles. The maximum absolute atomic E-state index is 13.0. The average molecular weight is 287 g/mol. The fraction of sp³-hybridized carbons (Fsp3) is 0.333. The smallest absolute Gasteiger partial charge is 0.123 e. The fourth-order valence-electron chi connectivity index (χ4n) is 2.25. The number of nitrogens with one attached hydrogen (secondary N) is 1. The summed E-state index contributed by atoms with van der Waals surface area (Å²) in [5.41, 5.74) is 3.81. The minimum absolute atomic E-state index is 0.247. The Morgan fingerprint density at radius 1 is 1.05 bits per heavy atom. The molecular formula is C18H22FNO. The van der Waals surface area contributed by atoms with Gasteiger partial charge in [-0.2, -0.15) is 0 Å². The van der Waals surface area contributed by atoms with E-state index in [1.54, 1.807) is 6.07 Å². The molecule has 2 rings (SSSR count). The Morgan fingerprint density at radius 3 is 2.24 bits per heavy atom.